The summed E-state index contributed by atoms with van der Waals surface area (Å²) in [6.45, 7) is 3.11. The first kappa shape index (κ1) is 9.95. The van der Waals surface area contributed by atoms with E-state index < -0.39 is 11.7 Å². The van der Waals surface area contributed by atoms with Gasteiger partial charge in [-0.1, -0.05) is 0 Å². The minimum Gasteiger partial charge on any atom is -0.340 e. The van der Waals surface area contributed by atoms with Crippen LogP contribution in [0.5, 0.6) is 0 Å². The lowest BCUT2D eigenvalue weighted by Gasteiger charge is -2.07. The fraction of sp³-hybridized carbons (Fsp3) is 0.333. The maximum Gasteiger partial charge on any atom is 0.418 e. The summed E-state index contributed by atoms with van der Waals surface area (Å²) >= 11 is 0. The van der Waals surface area contributed by atoms with Gasteiger partial charge in [0.1, 0.15) is 5.82 Å². The molecule has 0 atom stereocenters. The second-order valence-corrected chi connectivity index (χ2v) is 3.33. The maximum atomic E-state index is 12.6. The highest BCUT2D eigenvalue weighted by atomic mass is 19.4. The van der Waals surface area contributed by atoms with Gasteiger partial charge in [0, 0.05) is 5.69 Å². The Morgan fingerprint density at radius 2 is 1.87 bits per heavy atom. The van der Waals surface area contributed by atoms with Gasteiger partial charge < -0.3 is 4.98 Å². The lowest BCUT2D eigenvalue weighted by Crippen LogP contribution is -2.07. The van der Waals surface area contributed by atoms with Crippen molar-refractivity contribution in [3.05, 3.63) is 23.1 Å². The van der Waals surface area contributed by atoms with Crippen LogP contribution in [0.1, 0.15) is 17.1 Å². The number of hydrogen-bond acceptors (Lipinski definition) is 2. The second kappa shape index (κ2) is 2.95. The van der Waals surface area contributed by atoms with Gasteiger partial charge in [0.15, 0.2) is 5.65 Å². The van der Waals surface area contributed by atoms with Gasteiger partial charge in [-0.25, -0.2) is 9.97 Å². The second-order valence-electron chi connectivity index (χ2n) is 3.33. The van der Waals surface area contributed by atoms with Gasteiger partial charge in [-0.05, 0) is 19.9 Å². The summed E-state index contributed by atoms with van der Waals surface area (Å²) in [6, 6.07) is 1.01. The first-order valence-electron chi connectivity index (χ1n) is 4.29. The number of rotatable bonds is 0. The van der Waals surface area contributed by atoms with E-state index in [2.05, 4.69) is 15.0 Å². The van der Waals surface area contributed by atoms with Crippen LogP contribution in [0.15, 0.2) is 6.07 Å². The molecule has 6 heteroatoms. The van der Waals surface area contributed by atoms with Crippen LogP contribution in [-0.4, -0.2) is 15.0 Å². The van der Waals surface area contributed by atoms with E-state index in [1.165, 1.54) is 6.92 Å². The van der Waals surface area contributed by atoms with Crippen LogP contribution < -0.4 is 0 Å². The number of halogens is 3. The number of pyridine rings is 1. The van der Waals surface area contributed by atoms with Crippen LogP contribution >= 0.6 is 0 Å². The largest absolute Gasteiger partial charge is 0.418 e. The number of H-pyrrole nitrogens is 1. The summed E-state index contributed by atoms with van der Waals surface area (Å²) in [4.78, 5) is 10.4. The van der Waals surface area contributed by atoms with Crippen molar-refractivity contribution in [2.75, 3.05) is 0 Å². The minimum absolute atomic E-state index is 0.0504. The first-order chi connectivity index (χ1) is 6.88. The lowest BCUT2D eigenvalue weighted by molar-refractivity contribution is -0.136. The molecule has 15 heavy (non-hydrogen) atoms. The number of hydrogen-bond donors (Lipinski definition) is 1. The summed E-state index contributed by atoms with van der Waals surface area (Å²) in [7, 11) is 0. The molecule has 0 aliphatic rings. The molecular weight excluding hydrogens is 207 g/mol. The number of nitrogens with zero attached hydrogens (tertiary/aromatic N) is 2. The van der Waals surface area contributed by atoms with E-state index in [4.69, 9.17) is 0 Å². The van der Waals surface area contributed by atoms with E-state index >= 15 is 0 Å². The quantitative estimate of drug-likeness (QED) is 0.733. The molecule has 0 saturated heterocycles. The van der Waals surface area contributed by atoms with Crippen LogP contribution in [-0.2, 0) is 6.18 Å². The Morgan fingerprint density at radius 1 is 1.20 bits per heavy atom. The minimum atomic E-state index is -4.38. The van der Waals surface area contributed by atoms with Crippen molar-refractivity contribution in [2.45, 2.75) is 20.0 Å². The Kier molecular flexibility index (Phi) is 1.95. The maximum absolute atomic E-state index is 12.6. The molecule has 0 fully saturated rings. The molecule has 0 aliphatic heterocycles. The predicted molar refractivity (Wildman–Crippen MR) is 48.4 cm³/mol. The molecule has 1 N–H and O–H groups in total. The Hall–Kier alpha value is -1.59. The molecule has 2 aromatic heterocycles. The third-order valence-corrected chi connectivity index (χ3v) is 2.01. The number of nitrogens with one attached hydrogen (secondary N) is 1. The number of alkyl halides is 3. The Bertz CT molecular complexity index is 513. The summed E-state index contributed by atoms with van der Waals surface area (Å²) in [5.41, 5.74) is -0.350. The van der Waals surface area contributed by atoms with Crippen LogP contribution in [0.3, 0.4) is 0 Å². The fourth-order valence-corrected chi connectivity index (χ4v) is 1.45. The van der Waals surface area contributed by atoms with Gasteiger partial charge in [0.05, 0.1) is 11.1 Å². The van der Waals surface area contributed by atoms with Crippen molar-refractivity contribution in [1.82, 2.24) is 15.0 Å². The highest BCUT2D eigenvalue weighted by Gasteiger charge is 2.34. The Balaban J connectivity index is 2.82. The van der Waals surface area contributed by atoms with E-state index in [-0.39, 0.29) is 11.2 Å². The summed E-state index contributed by atoms with van der Waals surface area (Å²) in [6.07, 6.45) is -4.38. The highest BCUT2D eigenvalue weighted by molar-refractivity contribution is 5.75. The number of fused-ring (bicyclic) bond motifs is 1. The standard InChI is InChI=1S/C9H8F3N3/c1-4-3-6(9(10,11)12)7-8(13-4)15-5(2)14-7/h3H,1-2H3,(H,13,14,15). The highest BCUT2D eigenvalue weighted by Crippen LogP contribution is 2.33. The molecule has 3 nitrogen and oxygen atoms in total. The van der Waals surface area contributed by atoms with E-state index in [0.717, 1.165) is 6.07 Å². The molecule has 0 aromatic carbocycles. The van der Waals surface area contributed by atoms with Crippen molar-refractivity contribution in [3.8, 4) is 0 Å². The number of aryl methyl sites for hydroxylation is 2. The third kappa shape index (κ3) is 1.67. The van der Waals surface area contributed by atoms with Crippen LogP contribution in [0, 0.1) is 13.8 Å². The zero-order valence-corrected chi connectivity index (χ0v) is 8.11. The lowest BCUT2D eigenvalue weighted by atomic mass is 10.2. The van der Waals surface area contributed by atoms with Gasteiger partial charge in [0.25, 0.3) is 0 Å². The van der Waals surface area contributed by atoms with Crippen molar-refractivity contribution in [1.29, 1.82) is 0 Å². The zero-order chi connectivity index (χ0) is 11.2. The Labute approximate surface area is 83.4 Å². The van der Waals surface area contributed by atoms with Crippen molar-refractivity contribution < 1.29 is 13.2 Å². The van der Waals surface area contributed by atoms with Gasteiger partial charge in [-0.15, -0.1) is 0 Å². The molecule has 0 spiro atoms. The average Bonchev–Trinajstić information content (AvgIpc) is 2.41. The molecule has 0 radical (unpaired) electrons. The van der Waals surface area contributed by atoms with E-state index in [1.54, 1.807) is 6.92 Å². The molecule has 0 amide bonds. The van der Waals surface area contributed by atoms with Gasteiger partial charge in [0.2, 0.25) is 0 Å². The van der Waals surface area contributed by atoms with Gasteiger partial charge in [-0.2, -0.15) is 13.2 Å². The summed E-state index contributed by atoms with van der Waals surface area (Å²) < 4.78 is 37.9. The molecule has 0 aliphatic carbocycles. The molecule has 2 heterocycles. The molecule has 2 aromatic rings. The molecule has 0 bridgehead atoms. The normalized spacial score (nSPS) is 12.3. The molecule has 0 unspecified atom stereocenters. The summed E-state index contributed by atoms with van der Waals surface area (Å²) in [5.74, 6) is 0.425. The summed E-state index contributed by atoms with van der Waals surface area (Å²) in [5, 5.41) is 0. The third-order valence-electron chi connectivity index (χ3n) is 2.01. The SMILES string of the molecule is Cc1cc(C(F)(F)F)c2[nH]c(C)nc2n1. The fourth-order valence-electron chi connectivity index (χ4n) is 1.45. The molecular formula is C9H8F3N3. The molecule has 80 valence electrons. The monoisotopic (exact) mass is 215 g/mol. The topological polar surface area (TPSA) is 41.6 Å². The first-order valence-corrected chi connectivity index (χ1v) is 4.29. The predicted octanol–water partition coefficient (Wildman–Crippen LogP) is 2.59. The van der Waals surface area contributed by atoms with Gasteiger partial charge >= 0.3 is 6.18 Å². The molecule has 0 saturated carbocycles. The van der Waals surface area contributed by atoms with Crippen LogP contribution in [0.25, 0.3) is 11.2 Å². The number of aromatic amines is 1. The number of imidazole rings is 1. The van der Waals surface area contributed by atoms with Crippen LogP contribution in [0.2, 0.25) is 0 Å². The van der Waals surface area contributed by atoms with E-state index in [9.17, 15) is 13.2 Å². The van der Waals surface area contributed by atoms with Crippen molar-refractivity contribution >= 4 is 11.2 Å². The van der Waals surface area contributed by atoms with Crippen LogP contribution in [0.4, 0.5) is 13.2 Å². The van der Waals surface area contributed by atoms with Crippen molar-refractivity contribution in [2.24, 2.45) is 0 Å². The smallest absolute Gasteiger partial charge is 0.340 e. The zero-order valence-electron chi connectivity index (χ0n) is 8.11. The number of aromatic nitrogens is 3. The van der Waals surface area contributed by atoms with E-state index in [0.29, 0.717) is 11.5 Å². The van der Waals surface area contributed by atoms with Gasteiger partial charge in [-0.3, -0.25) is 0 Å². The molecule has 2 rings (SSSR count). The van der Waals surface area contributed by atoms with Crippen molar-refractivity contribution in [3.63, 3.8) is 0 Å². The van der Waals surface area contributed by atoms with E-state index in [1.807, 2.05) is 0 Å². The average molecular weight is 215 g/mol. The Morgan fingerprint density at radius 3 is 2.47 bits per heavy atom.